The number of carboxylic acid groups (broad SMARTS) is 1. The Morgan fingerprint density at radius 2 is 1.60 bits per heavy atom. The van der Waals surface area contributed by atoms with Crippen LogP contribution in [0, 0.1) is 12.8 Å². The number of aliphatic carboxylic acids is 1. The van der Waals surface area contributed by atoms with E-state index in [2.05, 4.69) is 17.0 Å². The number of benzene rings is 2. The smallest absolute Gasteiger partial charge is 0.481 e. The van der Waals surface area contributed by atoms with Gasteiger partial charge in [-0.15, -0.1) is 13.2 Å². The molecule has 0 unspecified atom stereocenters. The van der Waals surface area contributed by atoms with E-state index in [1.54, 1.807) is 24.3 Å². The van der Waals surface area contributed by atoms with Gasteiger partial charge in [0.05, 0.1) is 17.4 Å². The Hall–Kier alpha value is -2.83. The number of anilines is 1. The molecule has 42 heavy (non-hydrogen) atoms. The highest BCUT2D eigenvalue weighted by Crippen LogP contribution is 2.29. The van der Waals surface area contributed by atoms with Gasteiger partial charge in [0, 0.05) is 24.8 Å². The van der Waals surface area contributed by atoms with E-state index in [0.717, 1.165) is 24.2 Å². The molecule has 1 aliphatic heterocycles. The Morgan fingerprint density at radius 3 is 2.14 bits per heavy atom. The molecule has 1 aliphatic rings. The van der Waals surface area contributed by atoms with Crippen molar-refractivity contribution in [3.8, 4) is 5.75 Å². The third kappa shape index (κ3) is 12.2. The van der Waals surface area contributed by atoms with Gasteiger partial charge >= 0.3 is 12.3 Å². The highest BCUT2D eigenvalue weighted by molar-refractivity contribution is 7.89. The SMILES string of the molecule is CCCCCCCCCNc1ccc(OC(F)(F)F)cc1.Cc1ccc(S(=O)(=O)N2CC[C@@H](C(=O)O)C[C@@H]2CO)cc1. The van der Waals surface area contributed by atoms with Crippen molar-refractivity contribution in [2.45, 2.75) is 88.9 Å². The monoisotopic (exact) mass is 616 g/mol. The van der Waals surface area contributed by atoms with Gasteiger partial charge in [-0.05, 0) is 62.6 Å². The van der Waals surface area contributed by atoms with E-state index in [9.17, 15) is 31.5 Å². The molecule has 0 spiro atoms. The standard InChI is InChI=1S/C16H24F3NO.C14H19NO5S/c1-2-3-4-5-6-7-8-13-20-14-9-11-15(12-10-14)21-16(17,18)19;1-10-2-4-13(5-3-10)21(19,20)15-7-6-11(14(17)18)8-12(15)9-16/h9-12,20H,2-8,13H2,1H3;2-5,11-12,16H,6-9H2,1H3,(H,17,18)/t;11-,12-/m.1/s1. The lowest BCUT2D eigenvalue weighted by Crippen LogP contribution is -2.49. The van der Waals surface area contributed by atoms with Crippen LogP contribution in [0.2, 0.25) is 0 Å². The maximum Gasteiger partial charge on any atom is 0.573 e. The molecule has 0 aliphatic carbocycles. The first-order chi connectivity index (χ1) is 19.9. The van der Waals surface area contributed by atoms with Gasteiger partial charge in [-0.2, -0.15) is 4.31 Å². The van der Waals surface area contributed by atoms with Crippen molar-refractivity contribution >= 4 is 21.7 Å². The minimum atomic E-state index is -4.63. The zero-order chi connectivity index (χ0) is 31.2. The molecule has 2 aromatic carbocycles. The van der Waals surface area contributed by atoms with Gasteiger partial charge in [-0.1, -0.05) is 63.1 Å². The number of aliphatic hydroxyl groups excluding tert-OH is 1. The summed E-state index contributed by atoms with van der Waals surface area (Å²) in [5.41, 5.74) is 1.77. The highest BCUT2D eigenvalue weighted by Gasteiger charge is 2.38. The Morgan fingerprint density at radius 1 is 1.00 bits per heavy atom. The lowest BCUT2D eigenvalue weighted by atomic mass is 9.93. The predicted octanol–water partition coefficient (Wildman–Crippen LogP) is 6.59. The second-order valence-corrected chi connectivity index (χ2v) is 12.3. The summed E-state index contributed by atoms with van der Waals surface area (Å²) in [4.78, 5) is 11.2. The normalized spacial score (nSPS) is 17.7. The maximum absolute atomic E-state index is 12.6. The van der Waals surface area contributed by atoms with Crippen LogP contribution in [0.25, 0.3) is 0 Å². The number of rotatable bonds is 14. The summed E-state index contributed by atoms with van der Waals surface area (Å²) in [5, 5.41) is 21.7. The molecule has 8 nitrogen and oxygen atoms in total. The van der Waals surface area contributed by atoms with Crippen LogP contribution in [-0.2, 0) is 14.8 Å². The fourth-order valence-electron chi connectivity index (χ4n) is 4.67. The van der Waals surface area contributed by atoms with Gasteiger partial charge in [-0.3, -0.25) is 4.79 Å². The van der Waals surface area contributed by atoms with Gasteiger partial charge in [0.25, 0.3) is 0 Å². The minimum absolute atomic E-state index is 0.110. The van der Waals surface area contributed by atoms with Gasteiger partial charge in [0.15, 0.2) is 0 Å². The molecule has 12 heteroatoms. The van der Waals surface area contributed by atoms with E-state index in [0.29, 0.717) is 0 Å². The first-order valence-corrected chi connectivity index (χ1v) is 15.8. The van der Waals surface area contributed by atoms with E-state index >= 15 is 0 Å². The number of carboxylic acids is 1. The Labute approximate surface area is 246 Å². The zero-order valence-electron chi connectivity index (χ0n) is 24.3. The van der Waals surface area contributed by atoms with Crippen molar-refractivity contribution in [2.24, 2.45) is 5.92 Å². The highest BCUT2D eigenvalue weighted by atomic mass is 32.2. The molecule has 1 saturated heterocycles. The number of hydrogen-bond donors (Lipinski definition) is 3. The van der Waals surface area contributed by atoms with Gasteiger partial charge in [0.2, 0.25) is 10.0 Å². The number of nitrogens with one attached hydrogen (secondary N) is 1. The average Bonchev–Trinajstić information content (AvgIpc) is 2.94. The molecular formula is C30H43F3N2O6S. The zero-order valence-corrected chi connectivity index (χ0v) is 25.1. The van der Waals surface area contributed by atoms with E-state index < -0.39 is 34.3 Å². The molecule has 3 rings (SSSR count). The number of aryl methyl sites for hydroxylation is 1. The number of nitrogens with zero attached hydrogens (tertiary/aromatic N) is 1. The molecule has 1 fully saturated rings. The molecular weight excluding hydrogens is 573 g/mol. The first-order valence-electron chi connectivity index (χ1n) is 14.4. The summed E-state index contributed by atoms with van der Waals surface area (Å²) in [5.74, 6) is -1.74. The van der Waals surface area contributed by atoms with Crippen LogP contribution in [0.15, 0.2) is 53.4 Å². The lowest BCUT2D eigenvalue weighted by Gasteiger charge is -2.36. The van der Waals surface area contributed by atoms with Gasteiger partial charge < -0.3 is 20.3 Å². The number of halogens is 3. The molecule has 3 N–H and O–H groups in total. The quantitative estimate of drug-likeness (QED) is 0.205. The van der Waals surface area contributed by atoms with E-state index in [1.807, 2.05) is 6.92 Å². The fraction of sp³-hybridized carbons (Fsp3) is 0.567. The van der Waals surface area contributed by atoms with Crippen LogP contribution in [0.1, 0.15) is 70.3 Å². The molecule has 236 valence electrons. The van der Waals surface area contributed by atoms with E-state index in [4.69, 9.17) is 5.11 Å². The number of aliphatic hydroxyl groups is 1. The molecule has 2 aromatic rings. The molecule has 0 aromatic heterocycles. The van der Waals surface area contributed by atoms with E-state index in [-0.39, 0.29) is 36.6 Å². The number of piperidine rings is 1. The van der Waals surface area contributed by atoms with Crippen molar-refractivity contribution in [3.63, 3.8) is 0 Å². The number of hydrogen-bond acceptors (Lipinski definition) is 6. The predicted molar refractivity (Wildman–Crippen MR) is 156 cm³/mol. The fourth-order valence-corrected chi connectivity index (χ4v) is 6.31. The van der Waals surface area contributed by atoms with Crippen molar-refractivity contribution < 1.29 is 41.3 Å². The van der Waals surface area contributed by atoms with Crippen LogP contribution < -0.4 is 10.1 Å². The molecule has 2 atom stereocenters. The van der Waals surface area contributed by atoms with Gasteiger partial charge in [0.1, 0.15) is 5.75 Å². The lowest BCUT2D eigenvalue weighted by molar-refractivity contribution is -0.274. The topological polar surface area (TPSA) is 116 Å². The maximum atomic E-state index is 12.6. The molecule has 1 heterocycles. The Kier molecular flexibility index (Phi) is 14.6. The third-order valence-electron chi connectivity index (χ3n) is 7.05. The summed E-state index contributed by atoms with van der Waals surface area (Å²) in [6.07, 6.45) is 4.45. The number of ether oxygens (including phenoxy) is 1. The molecule has 0 bridgehead atoms. The van der Waals surface area contributed by atoms with Crippen LogP contribution in [0.4, 0.5) is 18.9 Å². The van der Waals surface area contributed by atoms with Crippen molar-refractivity contribution in [1.29, 1.82) is 0 Å². The number of sulfonamides is 1. The number of alkyl halides is 3. The van der Waals surface area contributed by atoms with Crippen molar-refractivity contribution in [3.05, 3.63) is 54.1 Å². The van der Waals surface area contributed by atoms with Crippen LogP contribution in [0.5, 0.6) is 5.75 Å². The average molecular weight is 617 g/mol. The van der Waals surface area contributed by atoms with Gasteiger partial charge in [-0.25, -0.2) is 8.42 Å². The minimum Gasteiger partial charge on any atom is -0.481 e. The summed E-state index contributed by atoms with van der Waals surface area (Å²) in [7, 11) is -3.71. The second-order valence-electron chi connectivity index (χ2n) is 10.4. The first kappa shape index (κ1) is 35.4. The van der Waals surface area contributed by atoms with Crippen LogP contribution >= 0.6 is 0 Å². The summed E-state index contributed by atoms with van der Waals surface area (Å²) < 4.78 is 66.3. The largest absolute Gasteiger partial charge is 0.573 e. The van der Waals surface area contributed by atoms with Crippen LogP contribution in [-0.4, -0.2) is 61.0 Å². The van der Waals surface area contributed by atoms with Crippen LogP contribution in [0.3, 0.4) is 0 Å². The summed E-state index contributed by atoms with van der Waals surface area (Å²) >= 11 is 0. The number of carbonyl (C=O) groups is 1. The molecule has 0 amide bonds. The summed E-state index contributed by atoms with van der Waals surface area (Å²) in [6.45, 7) is 4.64. The van der Waals surface area contributed by atoms with Crippen molar-refractivity contribution in [2.75, 3.05) is 25.0 Å². The molecule has 0 radical (unpaired) electrons. The number of unbranched alkanes of at least 4 members (excludes halogenated alkanes) is 6. The van der Waals surface area contributed by atoms with E-state index in [1.165, 1.54) is 67.1 Å². The summed E-state index contributed by atoms with van der Waals surface area (Å²) in [6, 6.07) is 11.6. The Bertz CT molecular complexity index is 1180. The Balaban J connectivity index is 0.000000293. The second kappa shape index (κ2) is 17.3. The molecule has 0 saturated carbocycles. The third-order valence-corrected chi connectivity index (χ3v) is 9.01. The van der Waals surface area contributed by atoms with Crippen molar-refractivity contribution in [1.82, 2.24) is 4.31 Å².